The first kappa shape index (κ1) is 11.7. The highest BCUT2D eigenvalue weighted by molar-refractivity contribution is 6.29. The number of rotatable bonds is 3. The summed E-state index contributed by atoms with van der Waals surface area (Å²) < 4.78 is 5.71. The van der Waals surface area contributed by atoms with Crippen LogP contribution in [0.3, 0.4) is 0 Å². The molecule has 1 aromatic heterocycles. The SMILES string of the molecule is CN(CC1CCCCO1)c1ccnc(Cl)c1. The number of pyridine rings is 1. The maximum absolute atomic E-state index is 5.86. The van der Waals surface area contributed by atoms with Crippen LogP contribution in [0.5, 0.6) is 0 Å². The molecule has 1 aliphatic heterocycles. The van der Waals surface area contributed by atoms with Gasteiger partial charge in [-0.2, -0.15) is 0 Å². The summed E-state index contributed by atoms with van der Waals surface area (Å²) in [6.45, 7) is 1.82. The van der Waals surface area contributed by atoms with Crippen LogP contribution in [0.4, 0.5) is 5.69 Å². The summed E-state index contributed by atoms with van der Waals surface area (Å²) in [4.78, 5) is 6.15. The number of likely N-dealkylation sites (N-methyl/N-ethyl adjacent to an activating group) is 1. The zero-order valence-corrected chi connectivity index (χ0v) is 10.3. The Morgan fingerprint density at radius 3 is 3.12 bits per heavy atom. The second-order valence-corrected chi connectivity index (χ2v) is 4.59. The van der Waals surface area contributed by atoms with Crippen LogP contribution in [0, 0.1) is 0 Å². The van der Waals surface area contributed by atoms with Crippen molar-refractivity contribution in [3.63, 3.8) is 0 Å². The van der Waals surface area contributed by atoms with Gasteiger partial charge in [0.25, 0.3) is 0 Å². The van der Waals surface area contributed by atoms with Gasteiger partial charge in [-0.15, -0.1) is 0 Å². The van der Waals surface area contributed by atoms with Crippen molar-refractivity contribution in [1.29, 1.82) is 0 Å². The van der Waals surface area contributed by atoms with Gasteiger partial charge in [0.05, 0.1) is 6.10 Å². The van der Waals surface area contributed by atoms with Gasteiger partial charge in [-0.1, -0.05) is 11.6 Å². The second-order valence-electron chi connectivity index (χ2n) is 4.21. The van der Waals surface area contributed by atoms with Gasteiger partial charge in [0.15, 0.2) is 0 Å². The highest BCUT2D eigenvalue weighted by Gasteiger charge is 2.16. The largest absolute Gasteiger partial charge is 0.376 e. The van der Waals surface area contributed by atoms with E-state index in [4.69, 9.17) is 16.3 Å². The second kappa shape index (κ2) is 5.51. The molecule has 1 saturated heterocycles. The van der Waals surface area contributed by atoms with E-state index >= 15 is 0 Å². The van der Waals surface area contributed by atoms with E-state index in [-0.39, 0.29) is 0 Å². The number of aromatic nitrogens is 1. The monoisotopic (exact) mass is 240 g/mol. The number of nitrogens with zero attached hydrogens (tertiary/aromatic N) is 2. The van der Waals surface area contributed by atoms with Crippen molar-refractivity contribution < 1.29 is 4.74 Å². The summed E-state index contributed by atoms with van der Waals surface area (Å²) in [5.41, 5.74) is 1.09. The Bertz CT molecular complexity index is 340. The van der Waals surface area contributed by atoms with E-state index in [9.17, 15) is 0 Å². The van der Waals surface area contributed by atoms with Crippen LogP contribution < -0.4 is 4.90 Å². The highest BCUT2D eigenvalue weighted by Crippen LogP contribution is 2.19. The third kappa shape index (κ3) is 3.09. The van der Waals surface area contributed by atoms with E-state index in [2.05, 4.69) is 16.9 Å². The average molecular weight is 241 g/mol. The zero-order chi connectivity index (χ0) is 11.4. The van der Waals surface area contributed by atoms with Gasteiger partial charge in [-0.3, -0.25) is 0 Å². The molecule has 88 valence electrons. The first-order chi connectivity index (χ1) is 7.75. The van der Waals surface area contributed by atoms with E-state index in [1.165, 1.54) is 12.8 Å². The Balaban J connectivity index is 1.94. The van der Waals surface area contributed by atoms with Crippen molar-refractivity contribution in [3.8, 4) is 0 Å². The molecule has 0 amide bonds. The fraction of sp³-hybridized carbons (Fsp3) is 0.583. The van der Waals surface area contributed by atoms with E-state index in [0.29, 0.717) is 11.3 Å². The van der Waals surface area contributed by atoms with E-state index in [0.717, 1.165) is 25.3 Å². The number of hydrogen-bond acceptors (Lipinski definition) is 3. The maximum Gasteiger partial charge on any atom is 0.131 e. The molecular formula is C12H17ClN2O. The van der Waals surface area contributed by atoms with Crippen LogP contribution in [0.1, 0.15) is 19.3 Å². The lowest BCUT2D eigenvalue weighted by atomic mass is 10.1. The normalized spacial score (nSPS) is 20.8. The van der Waals surface area contributed by atoms with Gasteiger partial charge in [0.2, 0.25) is 0 Å². The van der Waals surface area contributed by atoms with Gasteiger partial charge in [0.1, 0.15) is 5.15 Å². The number of anilines is 1. The van der Waals surface area contributed by atoms with E-state index in [1.807, 2.05) is 12.1 Å². The number of ether oxygens (including phenoxy) is 1. The summed E-state index contributed by atoms with van der Waals surface area (Å²) in [6.07, 6.45) is 5.71. The Morgan fingerprint density at radius 1 is 1.56 bits per heavy atom. The molecule has 4 heteroatoms. The van der Waals surface area contributed by atoms with Crippen molar-refractivity contribution in [2.75, 3.05) is 25.1 Å². The third-order valence-corrected chi connectivity index (χ3v) is 3.11. The molecule has 0 saturated carbocycles. The third-order valence-electron chi connectivity index (χ3n) is 2.90. The molecule has 2 rings (SSSR count). The molecule has 1 unspecified atom stereocenters. The summed E-state index contributed by atoms with van der Waals surface area (Å²) >= 11 is 5.86. The topological polar surface area (TPSA) is 25.4 Å². The van der Waals surface area contributed by atoms with Crippen LogP contribution >= 0.6 is 11.6 Å². The van der Waals surface area contributed by atoms with Crippen LogP contribution in [0.25, 0.3) is 0 Å². The molecule has 0 aliphatic carbocycles. The highest BCUT2D eigenvalue weighted by atomic mass is 35.5. The average Bonchev–Trinajstić information content (AvgIpc) is 2.30. The molecule has 1 fully saturated rings. The summed E-state index contributed by atoms with van der Waals surface area (Å²) in [7, 11) is 2.06. The Labute approximate surface area is 101 Å². The van der Waals surface area contributed by atoms with Gasteiger partial charge < -0.3 is 9.64 Å². The molecule has 0 radical (unpaired) electrons. The Hall–Kier alpha value is -0.800. The van der Waals surface area contributed by atoms with E-state index < -0.39 is 0 Å². The zero-order valence-electron chi connectivity index (χ0n) is 9.53. The summed E-state index contributed by atoms with van der Waals surface area (Å²) in [5.74, 6) is 0. The molecule has 2 heterocycles. The summed E-state index contributed by atoms with van der Waals surface area (Å²) in [5, 5.41) is 0.536. The fourth-order valence-corrected chi connectivity index (χ4v) is 2.16. The molecule has 0 aromatic carbocycles. The van der Waals surface area contributed by atoms with Gasteiger partial charge in [-0.25, -0.2) is 4.98 Å². The predicted molar refractivity (Wildman–Crippen MR) is 66.1 cm³/mol. The minimum absolute atomic E-state index is 0.352. The molecular weight excluding hydrogens is 224 g/mol. The lowest BCUT2D eigenvalue weighted by molar-refractivity contribution is 0.0216. The van der Waals surface area contributed by atoms with Gasteiger partial charge in [0, 0.05) is 32.1 Å². The van der Waals surface area contributed by atoms with Crippen LogP contribution in [-0.4, -0.2) is 31.3 Å². The van der Waals surface area contributed by atoms with Crippen molar-refractivity contribution in [2.24, 2.45) is 0 Å². The summed E-state index contributed by atoms with van der Waals surface area (Å²) in [6, 6.07) is 3.85. The molecule has 0 N–H and O–H groups in total. The van der Waals surface area contributed by atoms with Crippen molar-refractivity contribution >= 4 is 17.3 Å². The van der Waals surface area contributed by atoms with Gasteiger partial charge >= 0.3 is 0 Å². The maximum atomic E-state index is 5.86. The lowest BCUT2D eigenvalue weighted by Gasteiger charge is -2.28. The Morgan fingerprint density at radius 2 is 2.44 bits per heavy atom. The molecule has 0 bridgehead atoms. The molecule has 1 atom stereocenters. The predicted octanol–water partition coefficient (Wildman–Crippen LogP) is 2.74. The number of hydrogen-bond donors (Lipinski definition) is 0. The number of halogens is 1. The van der Waals surface area contributed by atoms with E-state index in [1.54, 1.807) is 6.20 Å². The molecule has 0 spiro atoms. The van der Waals surface area contributed by atoms with Crippen molar-refractivity contribution in [2.45, 2.75) is 25.4 Å². The lowest BCUT2D eigenvalue weighted by Crippen LogP contribution is -2.33. The smallest absolute Gasteiger partial charge is 0.131 e. The minimum atomic E-state index is 0.352. The van der Waals surface area contributed by atoms with Crippen LogP contribution in [0.2, 0.25) is 5.15 Å². The molecule has 3 nitrogen and oxygen atoms in total. The minimum Gasteiger partial charge on any atom is -0.376 e. The van der Waals surface area contributed by atoms with Crippen molar-refractivity contribution in [3.05, 3.63) is 23.5 Å². The molecule has 1 aliphatic rings. The van der Waals surface area contributed by atoms with Crippen LogP contribution in [0.15, 0.2) is 18.3 Å². The standard InChI is InChI=1S/C12H17ClN2O/c1-15(9-11-4-2-3-7-16-11)10-5-6-14-12(13)8-10/h5-6,8,11H,2-4,7,9H2,1H3. The molecule has 1 aromatic rings. The molecule has 16 heavy (non-hydrogen) atoms. The quantitative estimate of drug-likeness (QED) is 0.760. The van der Waals surface area contributed by atoms with Gasteiger partial charge in [-0.05, 0) is 31.4 Å². The fourth-order valence-electron chi connectivity index (χ4n) is 1.99. The van der Waals surface area contributed by atoms with Crippen molar-refractivity contribution in [1.82, 2.24) is 4.98 Å². The Kier molecular flexibility index (Phi) is 4.02. The van der Waals surface area contributed by atoms with Crippen LogP contribution in [-0.2, 0) is 4.74 Å². The first-order valence-electron chi connectivity index (χ1n) is 5.70. The first-order valence-corrected chi connectivity index (χ1v) is 6.08.